The van der Waals surface area contributed by atoms with E-state index in [9.17, 15) is 9.59 Å². The molecule has 0 aliphatic carbocycles. The van der Waals surface area contributed by atoms with Crippen LogP contribution in [0.25, 0.3) is 0 Å². The zero-order chi connectivity index (χ0) is 26.1. The van der Waals surface area contributed by atoms with Crippen LogP contribution < -0.4 is 10.1 Å². The zero-order valence-corrected chi connectivity index (χ0v) is 23.2. The van der Waals surface area contributed by atoms with Crippen LogP contribution in [-0.4, -0.2) is 35.9 Å². The Morgan fingerprint density at radius 1 is 1.00 bits per heavy atom. The minimum Gasteiger partial charge on any atom is -0.484 e. The van der Waals surface area contributed by atoms with E-state index in [1.165, 1.54) is 0 Å². The number of nitrogens with one attached hydrogen (secondary N) is 1. The van der Waals surface area contributed by atoms with Gasteiger partial charge in [0.25, 0.3) is 5.91 Å². The Hall–Kier alpha value is -2.83. The number of ether oxygens (including phenoxy) is 1. The number of nitrogens with zero attached hydrogens (tertiary/aromatic N) is 1. The number of hydrogen-bond acceptors (Lipinski definition) is 3. The highest BCUT2D eigenvalue weighted by molar-refractivity contribution is 9.10. The fourth-order valence-electron chi connectivity index (χ4n) is 3.74. The third-order valence-corrected chi connectivity index (χ3v) is 6.81. The Balaban J connectivity index is 1.90. The summed E-state index contributed by atoms with van der Waals surface area (Å²) in [7, 11) is 0. The molecule has 0 spiro atoms. The van der Waals surface area contributed by atoms with Crippen LogP contribution in [0.2, 0.25) is 5.02 Å². The number of rotatable bonds is 11. The topological polar surface area (TPSA) is 58.6 Å². The molecule has 0 unspecified atom stereocenters. The molecule has 0 aliphatic rings. The normalized spacial score (nSPS) is 11.7. The maximum absolute atomic E-state index is 13.6. The van der Waals surface area contributed by atoms with Crippen molar-refractivity contribution in [3.05, 3.63) is 99.0 Å². The molecule has 1 atom stereocenters. The molecule has 0 saturated carbocycles. The molecule has 0 aromatic heterocycles. The molecule has 190 valence electrons. The molecule has 0 radical (unpaired) electrons. The quantitative estimate of drug-likeness (QED) is 0.298. The van der Waals surface area contributed by atoms with Gasteiger partial charge in [0.1, 0.15) is 11.8 Å². The lowest BCUT2D eigenvalue weighted by atomic mass is 10.0. The van der Waals surface area contributed by atoms with Crippen molar-refractivity contribution in [1.82, 2.24) is 10.2 Å². The number of benzene rings is 3. The molecule has 3 aromatic rings. The zero-order valence-electron chi connectivity index (χ0n) is 20.8. The number of hydrogen-bond donors (Lipinski definition) is 1. The molecule has 1 N–H and O–H groups in total. The highest BCUT2D eigenvalue weighted by atomic mass is 79.9. The molecule has 5 nitrogen and oxygen atoms in total. The summed E-state index contributed by atoms with van der Waals surface area (Å²) in [4.78, 5) is 28.6. The Kier molecular flexibility index (Phi) is 10.4. The molecule has 3 aromatic carbocycles. The Morgan fingerprint density at radius 3 is 2.39 bits per heavy atom. The van der Waals surface area contributed by atoms with Crippen molar-refractivity contribution >= 4 is 39.3 Å². The van der Waals surface area contributed by atoms with Gasteiger partial charge < -0.3 is 15.0 Å². The molecular weight excluding hydrogens is 540 g/mol. The van der Waals surface area contributed by atoms with Crippen LogP contribution in [0, 0.1) is 12.8 Å². The van der Waals surface area contributed by atoms with E-state index in [0.29, 0.717) is 23.7 Å². The van der Waals surface area contributed by atoms with Crippen molar-refractivity contribution in [2.24, 2.45) is 5.92 Å². The largest absolute Gasteiger partial charge is 0.484 e. The van der Waals surface area contributed by atoms with Gasteiger partial charge in [-0.05, 0) is 59.9 Å². The number of carbonyl (C=O) groups excluding carboxylic acids is 2. The third-order valence-electron chi connectivity index (χ3n) is 5.69. The van der Waals surface area contributed by atoms with Gasteiger partial charge in [0.05, 0.1) is 0 Å². The van der Waals surface area contributed by atoms with Crippen LogP contribution in [0.3, 0.4) is 0 Å². The van der Waals surface area contributed by atoms with Crippen LogP contribution in [0.5, 0.6) is 5.75 Å². The molecule has 36 heavy (non-hydrogen) atoms. The molecule has 7 heteroatoms. The number of halogens is 2. The SMILES string of the molecule is Cc1cc(OCC(=O)N(Cc2cccc(Cl)c2)[C@@H](Cc2ccccc2)C(=O)NCC(C)C)ccc1Br. The maximum Gasteiger partial charge on any atom is 0.261 e. The molecule has 3 rings (SSSR count). The highest BCUT2D eigenvalue weighted by Gasteiger charge is 2.30. The van der Waals surface area contributed by atoms with Crippen molar-refractivity contribution in [1.29, 1.82) is 0 Å². The van der Waals surface area contributed by atoms with E-state index >= 15 is 0 Å². The summed E-state index contributed by atoms with van der Waals surface area (Å²) in [5, 5.41) is 3.59. The Bertz CT molecular complexity index is 1170. The first-order chi connectivity index (χ1) is 17.2. The van der Waals surface area contributed by atoms with Gasteiger partial charge in [-0.25, -0.2) is 0 Å². The molecular formula is C29H32BrClN2O3. The maximum atomic E-state index is 13.6. The van der Waals surface area contributed by atoms with Crippen molar-refractivity contribution in [2.45, 2.75) is 39.8 Å². The monoisotopic (exact) mass is 570 g/mol. The summed E-state index contributed by atoms with van der Waals surface area (Å²) in [6.45, 7) is 6.60. The highest BCUT2D eigenvalue weighted by Crippen LogP contribution is 2.22. The molecule has 0 aliphatic heterocycles. The average molecular weight is 572 g/mol. The predicted molar refractivity (Wildman–Crippen MR) is 148 cm³/mol. The first-order valence-corrected chi connectivity index (χ1v) is 13.1. The van der Waals surface area contributed by atoms with Gasteiger partial charge in [-0.1, -0.05) is 83.8 Å². The summed E-state index contributed by atoms with van der Waals surface area (Å²) >= 11 is 9.70. The lowest BCUT2D eigenvalue weighted by molar-refractivity contribution is -0.142. The van der Waals surface area contributed by atoms with Gasteiger partial charge in [0.15, 0.2) is 6.61 Å². The lowest BCUT2D eigenvalue weighted by Gasteiger charge is -2.31. The van der Waals surface area contributed by atoms with E-state index in [4.69, 9.17) is 16.3 Å². The van der Waals surface area contributed by atoms with Gasteiger partial charge in [-0.15, -0.1) is 0 Å². The summed E-state index contributed by atoms with van der Waals surface area (Å²) in [6, 6.07) is 21.9. The van der Waals surface area contributed by atoms with Gasteiger partial charge in [0, 0.05) is 29.0 Å². The molecule has 0 bridgehead atoms. The first kappa shape index (κ1) is 27.8. The second kappa shape index (κ2) is 13.5. The van der Waals surface area contributed by atoms with Gasteiger partial charge >= 0.3 is 0 Å². The van der Waals surface area contributed by atoms with E-state index in [-0.39, 0.29) is 30.9 Å². The molecule has 0 heterocycles. The number of aryl methyl sites for hydroxylation is 1. The first-order valence-electron chi connectivity index (χ1n) is 12.0. The third kappa shape index (κ3) is 8.38. The van der Waals surface area contributed by atoms with Gasteiger partial charge in [0.2, 0.25) is 5.91 Å². The number of amides is 2. The predicted octanol–water partition coefficient (Wildman–Crippen LogP) is 6.20. The molecule has 0 saturated heterocycles. The second-order valence-corrected chi connectivity index (χ2v) is 10.5. The van der Waals surface area contributed by atoms with E-state index in [0.717, 1.165) is 21.2 Å². The Morgan fingerprint density at radius 2 is 1.72 bits per heavy atom. The summed E-state index contributed by atoms with van der Waals surface area (Å²) < 4.78 is 6.82. The van der Waals surface area contributed by atoms with Crippen LogP contribution in [0.15, 0.2) is 77.3 Å². The minimum absolute atomic E-state index is 0.190. The summed E-state index contributed by atoms with van der Waals surface area (Å²) in [5.74, 6) is 0.404. The molecule has 0 fully saturated rings. The lowest BCUT2D eigenvalue weighted by Crippen LogP contribution is -2.52. The van der Waals surface area contributed by atoms with Crippen molar-refractivity contribution in [3.63, 3.8) is 0 Å². The minimum atomic E-state index is -0.715. The van der Waals surface area contributed by atoms with Crippen LogP contribution >= 0.6 is 27.5 Å². The van der Waals surface area contributed by atoms with E-state index < -0.39 is 6.04 Å². The Labute approximate surface area is 226 Å². The van der Waals surface area contributed by atoms with Crippen molar-refractivity contribution in [2.75, 3.05) is 13.2 Å². The fraction of sp³-hybridized carbons (Fsp3) is 0.310. The molecule has 2 amide bonds. The van der Waals surface area contributed by atoms with E-state index in [1.807, 2.05) is 87.5 Å². The van der Waals surface area contributed by atoms with Crippen LogP contribution in [0.4, 0.5) is 0 Å². The van der Waals surface area contributed by atoms with E-state index in [1.54, 1.807) is 11.0 Å². The van der Waals surface area contributed by atoms with Gasteiger partial charge in [-0.2, -0.15) is 0 Å². The number of carbonyl (C=O) groups is 2. The van der Waals surface area contributed by atoms with Crippen LogP contribution in [-0.2, 0) is 22.6 Å². The summed E-state index contributed by atoms with van der Waals surface area (Å²) in [5.41, 5.74) is 2.81. The standard InChI is InChI=1S/C29H32BrClN2O3/c1-20(2)17-32-29(35)27(16-22-8-5-4-6-9-22)33(18-23-10-7-11-24(31)15-23)28(34)19-36-25-12-13-26(30)21(3)14-25/h4-15,20,27H,16-19H2,1-3H3,(H,32,35)/t27-/m0/s1. The second-order valence-electron chi connectivity index (χ2n) is 9.20. The fourth-order valence-corrected chi connectivity index (χ4v) is 4.20. The average Bonchev–Trinajstić information content (AvgIpc) is 2.86. The van der Waals surface area contributed by atoms with Crippen molar-refractivity contribution < 1.29 is 14.3 Å². The van der Waals surface area contributed by atoms with Gasteiger partial charge in [-0.3, -0.25) is 9.59 Å². The summed E-state index contributed by atoms with van der Waals surface area (Å²) in [6.07, 6.45) is 0.383. The van der Waals surface area contributed by atoms with E-state index in [2.05, 4.69) is 21.2 Å². The van der Waals surface area contributed by atoms with Crippen molar-refractivity contribution in [3.8, 4) is 5.75 Å². The van der Waals surface area contributed by atoms with Crippen LogP contribution in [0.1, 0.15) is 30.5 Å². The smallest absolute Gasteiger partial charge is 0.261 e.